The van der Waals surface area contributed by atoms with E-state index in [4.69, 9.17) is 4.74 Å². The summed E-state index contributed by atoms with van der Waals surface area (Å²) < 4.78 is 5.53. The predicted octanol–water partition coefficient (Wildman–Crippen LogP) is 4.10. The van der Waals surface area contributed by atoms with Crippen LogP contribution in [0.3, 0.4) is 0 Å². The monoisotopic (exact) mass is 290 g/mol. The first-order valence-electron chi connectivity index (χ1n) is 7.14. The maximum absolute atomic E-state index is 5.53. The first-order valence-corrected chi connectivity index (χ1v) is 8.02. The number of hydrogen-bond acceptors (Lipinski definition) is 4. The Morgan fingerprint density at radius 3 is 2.95 bits per heavy atom. The minimum absolute atomic E-state index is 0.529. The lowest BCUT2D eigenvalue weighted by atomic mass is 10.2. The summed E-state index contributed by atoms with van der Waals surface area (Å²) in [6.45, 7) is 7.89. The number of rotatable bonds is 7. The average Bonchev–Trinajstić information content (AvgIpc) is 2.94. The van der Waals surface area contributed by atoms with Crippen LogP contribution in [0.5, 0.6) is 5.75 Å². The van der Waals surface area contributed by atoms with Crippen molar-refractivity contribution in [3.05, 3.63) is 35.3 Å². The second-order valence-corrected chi connectivity index (χ2v) is 5.65. The highest BCUT2D eigenvalue weighted by Gasteiger charge is 2.06. The van der Waals surface area contributed by atoms with Gasteiger partial charge in [-0.1, -0.05) is 19.1 Å². The zero-order valence-corrected chi connectivity index (χ0v) is 13.2. The van der Waals surface area contributed by atoms with Gasteiger partial charge in [0.25, 0.3) is 0 Å². The van der Waals surface area contributed by atoms with Gasteiger partial charge in [0.05, 0.1) is 12.3 Å². The highest BCUT2D eigenvalue weighted by Crippen LogP contribution is 2.27. The Morgan fingerprint density at radius 1 is 1.35 bits per heavy atom. The molecule has 0 aliphatic rings. The molecule has 0 fully saturated rings. The quantitative estimate of drug-likeness (QED) is 0.833. The zero-order chi connectivity index (χ0) is 14.4. The van der Waals surface area contributed by atoms with Gasteiger partial charge in [0.15, 0.2) is 0 Å². The first kappa shape index (κ1) is 15.0. The van der Waals surface area contributed by atoms with Gasteiger partial charge in [-0.3, -0.25) is 0 Å². The van der Waals surface area contributed by atoms with E-state index in [1.165, 1.54) is 0 Å². The summed E-state index contributed by atoms with van der Waals surface area (Å²) in [6, 6.07) is 8.65. The van der Waals surface area contributed by atoms with Gasteiger partial charge in [-0.05, 0) is 32.4 Å². The second-order valence-electron chi connectivity index (χ2n) is 4.80. The Balaban J connectivity index is 2.06. The number of aromatic nitrogens is 1. The summed E-state index contributed by atoms with van der Waals surface area (Å²) in [5, 5.41) is 6.64. The maximum atomic E-state index is 5.53. The van der Waals surface area contributed by atoms with Crippen LogP contribution in [-0.4, -0.2) is 17.6 Å². The number of nitrogens with zero attached hydrogens (tertiary/aromatic N) is 1. The summed E-state index contributed by atoms with van der Waals surface area (Å²) >= 11 is 1.68. The third-order valence-corrected chi connectivity index (χ3v) is 4.13. The highest BCUT2D eigenvalue weighted by molar-refractivity contribution is 7.13. The van der Waals surface area contributed by atoms with Crippen LogP contribution in [0.4, 0.5) is 0 Å². The summed E-state index contributed by atoms with van der Waals surface area (Å²) in [5.41, 5.74) is 2.22. The Bertz CT molecular complexity index is 539. The SMILES string of the molecule is CCOc1cccc(-c2nc(CNC(C)CC)cs2)c1. The zero-order valence-electron chi connectivity index (χ0n) is 12.3. The molecule has 1 aromatic carbocycles. The summed E-state index contributed by atoms with van der Waals surface area (Å²) in [5.74, 6) is 0.902. The van der Waals surface area contributed by atoms with Crippen molar-refractivity contribution in [1.82, 2.24) is 10.3 Å². The molecule has 0 saturated heterocycles. The second kappa shape index (κ2) is 7.41. The minimum atomic E-state index is 0.529. The fourth-order valence-electron chi connectivity index (χ4n) is 1.83. The van der Waals surface area contributed by atoms with Crippen LogP contribution in [0.2, 0.25) is 0 Å². The predicted molar refractivity (Wildman–Crippen MR) is 85.3 cm³/mol. The highest BCUT2D eigenvalue weighted by atomic mass is 32.1. The van der Waals surface area contributed by atoms with Crippen LogP contribution in [0.15, 0.2) is 29.6 Å². The van der Waals surface area contributed by atoms with E-state index in [1.54, 1.807) is 11.3 Å². The normalized spacial score (nSPS) is 12.3. The molecule has 2 rings (SSSR count). The molecule has 108 valence electrons. The number of benzene rings is 1. The molecule has 0 radical (unpaired) electrons. The van der Waals surface area contributed by atoms with E-state index in [-0.39, 0.29) is 0 Å². The standard InChI is InChI=1S/C16H22N2OS/c1-4-12(3)17-10-14-11-20-16(18-14)13-7-6-8-15(9-13)19-5-2/h6-9,11-12,17H,4-5,10H2,1-3H3. The lowest BCUT2D eigenvalue weighted by Gasteiger charge is -2.08. The number of hydrogen-bond donors (Lipinski definition) is 1. The van der Waals surface area contributed by atoms with E-state index in [9.17, 15) is 0 Å². The van der Waals surface area contributed by atoms with E-state index in [0.29, 0.717) is 12.6 Å². The molecule has 3 nitrogen and oxygen atoms in total. The molecule has 1 N–H and O–H groups in total. The lowest BCUT2D eigenvalue weighted by Crippen LogP contribution is -2.24. The van der Waals surface area contributed by atoms with Gasteiger partial charge in [0.1, 0.15) is 10.8 Å². The first-order chi connectivity index (χ1) is 9.72. The molecule has 0 spiro atoms. The van der Waals surface area contributed by atoms with Crippen LogP contribution in [0.25, 0.3) is 10.6 Å². The summed E-state index contributed by atoms with van der Waals surface area (Å²) in [6.07, 6.45) is 1.13. The number of thiazole rings is 1. The molecule has 20 heavy (non-hydrogen) atoms. The summed E-state index contributed by atoms with van der Waals surface area (Å²) in [4.78, 5) is 4.69. The van der Waals surface area contributed by atoms with Crippen LogP contribution in [-0.2, 0) is 6.54 Å². The van der Waals surface area contributed by atoms with Gasteiger partial charge < -0.3 is 10.1 Å². The van der Waals surface area contributed by atoms with Crippen molar-refractivity contribution in [2.45, 2.75) is 39.8 Å². The summed E-state index contributed by atoms with van der Waals surface area (Å²) in [7, 11) is 0. The van der Waals surface area contributed by atoms with Crippen molar-refractivity contribution in [3.8, 4) is 16.3 Å². The minimum Gasteiger partial charge on any atom is -0.494 e. The van der Waals surface area contributed by atoms with Crippen molar-refractivity contribution >= 4 is 11.3 Å². The van der Waals surface area contributed by atoms with Gasteiger partial charge in [-0.15, -0.1) is 11.3 Å². The van der Waals surface area contributed by atoms with Gasteiger partial charge in [-0.2, -0.15) is 0 Å². The molecule has 0 amide bonds. The van der Waals surface area contributed by atoms with Crippen LogP contribution in [0.1, 0.15) is 32.9 Å². The molecule has 2 aromatic rings. The Hall–Kier alpha value is -1.39. The number of nitrogens with one attached hydrogen (secondary N) is 1. The molecule has 0 aliphatic heterocycles. The van der Waals surface area contributed by atoms with E-state index in [0.717, 1.165) is 35.0 Å². The molecule has 0 bridgehead atoms. The Kier molecular flexibility index (Phi) is 5.56. The average molecular weight is 290 g/mol. The molecular formula is C16H22N2OS. The van der Waals surface area contributed by atoms with Gasteiger partial charge >= 0.3 is 0 Å². The molecule has 4 heteroatoms. The van der Waals surface area contributed by atoms with Crippen molar-refractivity contribution in [3.63, 3.8) is 0 Å². The third kappa shape index (κ3) is 4.05. The molecule has 1 heterocycles. The topological polar surface area (TPSA) is 34.1 Å². The van der Waals surface area contributed by atoms with Crippen molar-refractivity contribution < 1.29 is 4.74 Å². The Labute approximate surface area is 125 Å². The van der Waals surface area contributed by atoms with Crippen molar-refractivity contribution in [2.24, 2.45) is 0 Å². The maximum Gasteiger partial charge on any atom is 0.123 e. The lowest BCUT2D eigenvalue weighted by molar-refractivity contribution is 0.340. The molecule has 1 atom stereocenters. The van der Waals surface area contributed by atoms with Gasteiger partial charge in [0, 0.05) is 23.5 Å². The number of ether oxygens (including phenoxy) is 1. The largest absolute Gasteiger partial charge is 0.494 e. The molecular weight excluding hydrogens is 268 g/mol. The van der Waals surface area contributed by atoms with E-state index in [1.807, 2.05) is 25.1 Å². The fourth-order valence-corrected chi connectivity index (χ4v) is 2.65. The van der Waals surface area contributed by atoms with E-state index < -0.39 is 0 Å². The fraction of sp³-hybridized carbons (Fsp3) is 0.438. The third-order valence-electron chi connectivity index (χ3n) is 3.19. The Morgan fingerprint density at radius 2 is 2.20 bits per heavy atom. The smallest absolute Gasteiger partial charge is 0.123 e. The van der Waals surface area contributed by atoms with Crippen LogP contribution >= 0.6 is 11.3 Å². The molecule has 0 saturated carbocycles. The molecule has 0 aliphatic carbocycles. The van der Waals surface area contributed by atoms with Crippen molar-refractivity contribution in [2.75, 3.05) is 6.61 Å². The molecule has 1 unspecified atom stereocenters. The van der Waals surface area contributed by atoms with E-state index >= 15 is 0 Å². The van der Waals surface area contributed by atoms with Crippen LogP contribution < -0.4 is 10.1 Å². The van der Waals surface area contributed by atoms with Gasteiger partial charge in [-0.25, -0.2) is 4.98 Å². The van der Waals surface area contributed by atoms with Crippen LogP contribution in [0, 0.1) is 0 Å². The van der Waals surface area contributed by atoms with Gasteiger partial charge in [0.2, 0.25) is 0 Å². The molecule has 1 aromatic heterocycles. The van der Waals surface area contributed by atoms with Crippen molar-refractivity contribution in [1.29, 1.82) is 0 Å². The van der Waals surface area contributed by atoms with E-state index in [2.05, 4.69) is 35.6 Å².